The minimum absolute atomic E-state index is 0.0303. The summed E-state index contributed by atoms with van der Waals surface area (Å²) in [6, 6.07) is 5.42. The molecule has 2 N–H and O–H groups in total. The first-order valence-electron chi connectivity index (χ1n) is 6.23. The van der Waals surface area contributed by atoms with E-state index in [-0.39, 0.29) is 11.9 Å². The Morgan fingerprint density at radius 1 is 1.32 bits per heavy atom. The third-order valence-corrected chi connectivity index (χ3v) is 2.94. The van der Waals surface area contributed by atoms with Gasteiger partial charge in [-0.05, 0) is 25.5 Å². The predicted octanol–water partition coefficient (Wildman–Crippen LogP) is 1.79. The van der Waals surface area contributed by atoms with Gasteiger partial charge in [0.1, 0.15) is 0 Å². The first-order valence-corrected chi connectivity index (χ1v) is 6.23. The average molecular weight is 266 g/mol. The Morgan fingerprint density at radius 2 is 1.95 bits per heavy atom. The normalized spacial score (nSPS) is 11.8. The molecule has 1 aromatic rings. The van der Waals surface area contributed by atoms with E-state index >= 15 is 0 Å². The van der Waals surface area contributed by atoms with Crippen molar-refractivity contribution in [3.63, 3.8) is 0 Å². The van der Waals surface area contributed by atoms with Crippen LogP contribution in [0.3, 0.4) is 0 Å². The molecule has 0 fully saturated rings. The molecule has 1 unspecified atom stereocenters. The van der Waals surface area contributed by atoms with Crippen LogP contribution in [0.4, 0.5) is 5.69 Å². The van der Waals surface area contributed by atoms with Gasteiger partial charge >= 0.3 is 0 Å². The third kappa shape index (κ3) is 4.13. The molecule has 0 radical (unpaired) electrons. The van der Waals surface area contributed by atoms with Crippen LogP contribution < -0.4 is 20.1 Å². The van der Waals surface area contributed by atoms with Gasteiger partial charge in [-0.1, -0.05) is 0 Å². The second-order valence-electron chi connectivity index (χ2n) is 4.51. The van der Waals surface area contributed by atoms with E-state index in [9.17, 15) is 4.79 Å². The van der Waals surface area contributed by atoms with Crippen LogP contribution in [0.25, 0.3) is 0 Å². The lowest BCUT2D eigenvalue weighted by molar-refractivity contribution is -0.118. The fourth-order valence-corrected chi connectivity index (χ4v) is 1.70. The molecule has 106 valence electrons. The first-order chi connectivity index (χ1) is 8.99. The molecule has 0 aliphatic heterocycles. The van der Waals surface area contributed by atoms with Gasteiger partial charge in [0.25, 0.3) is 0 Å². The largest absolute Gasteiger partial charge is 0.493 e. The Kier molecular flexibility index (Phi) is 5.63. The fourth-order valence-electron chi connectivity index (χ4n) is 1.70. The Bertz CT molecular complexity index is 433. The number of nitrogens with zero attached hydrogens (tertiary/aromatic N) is 1. The number of ether oxygens (including phenoxy) is 2. The maximum atomic E-state index is 12.0. The maximum absolute atomic E-state index is 12.0. The fraction of sp³-hybridized carbons (Fsp3) is 0.500. The summed E-state index contributed by atoms with van der Waals surface area (Å²) in [6.45, 7) is 1.89. The van der Waals surface area contributed by atoms with Crippen LogP contribution in [0.5, 0.6) is 11.5 Å². The zero-order valence-corrected chi connectivity index (χ0v) is 12.0. The van der Waals surface area contributed by atoms with Crippen molar-refractivity contribution in [2.75, 3.05) is 26.2 Å². The second kappa shape index (κ2) is 6.99. The number of hydrogen-bond donors (Lipinski definition) is 1. The molecule has 0 heterocycles. The van der Waals surface area contributed by atoms with Gasteiger partial charge in [-0.3, -0.25) is 4.79 Å². The van der Waals surface area contributed by atoms with E-state index in [2.05, 4.69) is 0 Å². The molecule has 0 saturated heterocycles. The zero-order valence-electron chi connectivity index (χ0n) is 12.0. The minimum atomic E-state index is 0.0303. The second-order valence-corrected chi connectivity index (χ2v) is 4.51. The minimum Gasteiger partial charge on any atom is -0.493 e. The van der Waals surface area contributed by atoms with Crippen molar-refractivity contribution in [1.29, 1.82) is 0 Å². The molecule has 0 bridgehead atoms. The Morgan fingerprint density at radius 3 is 2.47 bits per heavy atom. The monoisotopic (exact) mass is 266 g/mol. The molecular formula is C14H22N2O3. The smallest absolute Gasteiger partial charge is 0.226 e. The molecule has 1 rings (SSSR count). The van der Waals surface area contributed by atoms with Crippen molar-refractivity contribution in [3.8, 4) is 11.5 Å². The van der Waals surface area contributed by atoms with Crippen LogP contribution in [-0.2, 0) is 4.79 Å². The third-order valence-electron chi connectivity index (χ3n) is 2.94. The molecule has 0 aromatic heterocycles. The zero-order chi connectivity index (χ0) is 14.4. The van der Waals surface area contributed by atoms with E-state index < -0.39 is 0 Å². The quantitative estimate of drug-likeness (QED) is 0.852. The first kappa shape index (κ1) is 15.3. The van der Waals surface area contributed by atoms with Gasteiger partial charge in [0.15, 0.2) is 11.5 Å². The highest BCUT2D eigenvalue weighted by Gasteiger charge is 2.14. The number of amides is 1. The van der Waals surface area contributed by atoms with Gasteiger partial charge in [-0.25, -0.2) is 0 Å². The molecule has 0 aliphatic carbocycles. The number of rotatable bonds is 6. The number of anilines is 1. The molecule has 5 heteroatoms. The summed E-state index contributed by atoms with van der Waals surface area (Å²) in [6.07, 6.45) is 1.11. The summed E-state index contributed by atoms with van der Waals surface area (Å²) >= 11 is 0. The number of carbonyl (C=O) groups is 1. The maximum Gasteiger partial charge on any atom is 0.226 e. The van der Waals surface area contributed by atoms with E-state index in [1.165, 1.54) is 0 Å². The number of carbonyl (C=O) groups excluding carboxylic acids is 1. The van der Waals surface area contributed by atoms with Crippen molar-refractivity contribution in [2.24, 2.45) is 5.73 Å². The molecular weight excluding hydrogens is 244 g/mol. The SMILES string of the molecule is COc1ccc(N(C)C(=O)CCC(C)N)cc1OC. The van der Waals surface area contributed by atoms with Crippen molar-refractivity contribution < 1.29 is 14.3 Å². The van der Waals surface area contributed by atoms with Crippen molar-refractivity contribution in [3.05, 3.63) is 18.2 Å². The molecule has 1 amide bonds. The standard InChI is InChI=1S/C14H22N2O3/c1-10(15)5-8-14(17)16(2)11-6-7-12(18-3)13(9-11)19-4/h6-7,9-10H,5,8,15H2,1-4H3. The van der Waals surface area contributed by atoms with Crippen LogP contribution in [0.2, 0.25) is 0 Å². The molecule has 0 saturated carbocycles. The Labute approximate surface area is 114 Å². The van der Waals surface area contributed by atoms with E-state index in [0.29, 0.717) is 24.3 Å². The summed E-state index contributed by atoms with van der Waals surface area (Å²) in [5.74, 6) is 1.28. The number of hydrogen-bond acceptors (Lipinski definition) is 4. The Balaban J connectivity index is 2.81. The summed E-state index contributed by atoms with van der Waals surface area (Å²) in [5, 5.41) is 0. The van der Waals surface area contributed by atoms with Crippen molar-refractivity contribution in [1.82, 2.24) is 0 Å². The summed E-state index contributed by atoms with van der Waals surface area (Å²) in [7, 11) is 4.89. The van der Waals surface area contributed by atoms with Gasteiger partial charge in [0, 0.05) is 31.3 Å². The van der Waals surface area contributed by atoms with Crippen LogP contribution in [-0.4, -0.2) is 33.2 Å². The summed E-state index contributed by atoms with van der Waals surface area (Å²) in [4.78, 5) is 13.6. The molecule has 0 spiro atoms. The molecule has 5 nitrogen and oxygen atoms in total. The van der Waals surface area contributed by atoms with E-state index in [4.69, 9.17) is 15.2 Å². The van der Waals surface area contributed by atoms with Gasteiger partial charge in [-0.2, -0.15) is 0 Å². The van der Waals surface area contributed by atoms with E-state index in [0.717, 1.165) is 5.69 Å². The van der Waals surface area contributed by atoms with Crippen LogP contribution in [0.15, 0.2) is 18.2 Å². The lowest BCUT2D eigenvalue weighted by Crippen LogP contribution is -2.28. The summed E-state index contributed by atoms with van der Waals surface area (Å²) < 4.78 is 10.4. The van der Waals surface area contributed by atoms with Gasteiger partial charge in [0.05, 0.1) is 14.2 Å². The highest BCUT2D eigenvalue weighted by atomic mass is 16.5. The van der Waals surface area contributed by atoms with Gasteiger partial charge in [-0.15, -0.1) is 0 Å². The van der Waals surface area contributed by atoms with E-state index in [1.807, 2.05) is 13.0 Å². The Hall–Kier alpha value is -1.75. The lowest BCUT2D eigenvalue weighted by Gasteiger charge is -2.19. The van der Waals surface area contributed by atoms with Gasteiger partial charge in [0.2, 0.25) is 5.91 Å². The van der Waals surface area contributed by atoms with Gasteiger partial charge < -0.3 is 20.1 Å². The average Bonchev–Trinajstić information content (AvgIpc) is 2.42. The summed E-state index contributed by atoms with van der Waals surface area (Å²) in [5.41, 5.74) is 6.43. The van der Waals surface area contributed by atoms with Crippen LogP contribution >= 0.6 is 0 Å². The van der Waals surface area contributed by atoms with Crippen LogP contribution in [0.1, 0.15) is 19.8 Å². The van der Waals surface area contributed by atoms with Crippen molar-refractivity contribution in [2.45, 2.75) is 25.8 Å². The lowest BCUT2D eigenvalue weighted by atomic mass is 10.1. The highest BCUT2D eigenvalue weighted by Crippen LogP contribution is 2.31. The molecule has 0 aliphatic rings. The topological polar surface area (TPSA) is 64.8 Å². The molecule has 1 aromatic carbocycles. The number of nitrogens with two attached hydrogens (primary N) is 1. The van der Waals surface area contributed by atoms with Crippen molar-refractivity contribution >= 4 is 11.6 Å². The van der Waals surface area contributed by atoms with E-state index in [1.54, 1.807) is 38.3 Å². The molecule has 19 heavy (non-hydrogen) atoms. The highest BCUT2D eigenvalue weighted by molar-refractivity contribution is 5.93. The predicted molar refractivity (Wildman–Crippen MR) is 75.8 cm³/mol. The number of methoxy groups -OCH3 is 2. The molecule has 1 atom stereocenters. The number of benzene rings is 1. The van der Waals surface area contributed by atoms with Crippen LogP contribution in [0, 0.1) is 0 Å².